The maximum absolute atomic E-state index is 4.28. The molecule has 2 aromatic heterocycles. The number of pyridine rings is 1. The summed E-state index contributed by atoms with van der Waals surface area (Å²) in [6.07, 6.45) is 5.40. The second-order valence-electron chi connectivity index (χ2n) is 3.14. The van der Waals surface area contributed by atoms with Crippen LogP contribution >= 0.6 is 0 Å². The van der Waals surface area contributed by atoms with Gasteiger partial charge in [0, 0.05) is 18.6 Å². The van der Waals surface area contributed by atoms with E-state index in [1.165, 1.54) is 0 Å². The van der Waals surface area contributed by atoms with Crippen LogP contribution in [-0.4, -0.2) is 14.8 Å². The summed E-state index contributed by atoms with van der Waals surface area (Å²) in [5.41, 5.74) is 2.07. The smallest absolute Gasteiger partial charge is 0.153 e. The van der Waals surface area contributed by atoms with Gasteiger partial charge >= 0.3 is 0 Å². The molecular weight excluding hydrogens is 174 g/mol. The highest BCUT2D eigenvalue weighted by atomic mass is 15.3. The highest BCUT2D eigenvalue weighted by Crippen LogP contribution is 2.11. The molecule has 0 atom stereocenters. The SMILES string of the molecule is C=C(C)c1ccc(-n2cccn2)nc1. The van der Waals surface area contributed by atoms with Gasteiger partial charge in [-0.1, -0.05) is 6.58 Å². The molecule has 0 saturated heterocycles. The lowest BCUT2D eigenvalue weighted by Crippen LogP contribution is -1.97. The van der Waals surface area contributed by atoms with Gasteiger partial charge in [0.25, 0.3) is 0 Å². The molecule has 0 aliphatic carbocycles. The van der Waals surface area contributed by atoms with Crippen LogP contribution in [0.25, 0.3) is 11.4 Å². The van der Waals surface area contributed by atoms with Crippen LogP contribution in [0.1, 0.15) is 12.5 Å². The van der Waals surface area contributed by atoms with Crippen LogP contribution in [0.2, 0.25) is 0 Å². The van der Waals surface area contributed by atoms with E-state index in [4.69, 9.17) is 0 Å². The molecule has 0 bridgehead atoms. The fourth-order valence-corrected chi connectivity index (χ4v) is 1.18. The third-order valence-electron chi connectivity index (χ3n) is 1.98. The van der Waals surface area contributed by atoms with E-state index in [0.29, 0.717) is 0 Å². The van der Waals surface area contributed by atoms with Gasteiger partial charge in [-0.3, -0.25) is 0 Å². The number of hydrogen-bond donors (Lipinski definition) is 0. The first-order valence-electron chi connectivity index (χ1n) is 4.39. The molecule has 0 N–H and O–H groups in total. The molecular formula is C11H11N3. The molecule has 0 aliphatic rings. The normalized spacial score (nSPS) is 10.1. The maximum Gasteiger partial charge on any atom is 0.153 e. The second kappa shape index (κ2) is 3.46. The lowest BCUT2D eigenvalue weighted by molar-refractivity contribution is 0.846. The molecule has 14 heavy (non-hydrogen) atoms. The number of aromatic nitrogens is 3. The number of rotatable bonds is 2. The van der Waals surface area contributed by atoms with Crippen LogP contribution in [0, 0.1) is 0 Å². The minimum absolute atomic E-state index is 0.819. The fourth-order valence-electron chi connectivity index (χ4n) is 1.18. The van der Waals surface area contributed by atoms with Crippen LogP contribution < -0.4 is 0 Å². The molecule has 3 nitrogen and oxygen atoms in total. The van der Waals surface area contributed by atoms with Crippen molar-refractivity contribution < 1.29 is 0 Å². The second-order valence-corrected chi connectivity index (χ2v) is 3.14. The van der Waals surface area contributed by atoms with Gasteiger partial charge in [-0.05, 0) is 36.3 Å². The van der Waals surface area contributed by atoms with Crippen LogP contribution in [0.5, 0.6) is 0 Å². The summed E-state index contributed by atoms with van der Waals surface area (Å²) in [5, 5.41) is 4.09. The zero-order chi connectivity index (χ0) is 9.97. The summed E-state index contributed by atoms with van der Waals surface area (Å²) in [6, 6.07) is 5.79. The largest absolute Gasteiger partial charge is 0.237 e. The topological polar surface area (TPSA) is 30.7 Å². The maximum atomic E-state index is 4.28. The first-order chi connectivity index (χ1) is 6.77. The number of hydrogen-bond acceptors (Lipinski definition) is 2. The minimum Gasteiger partial charge on any atom is -0.237 e. The predicted octanol–water partition coefficient (Wildman–Crippen LogP) is 2.30. The molecule has 2 rings (SSSR count). The third kappa shape index (κ3) is 1.57. The lowest BCUT2D eigenvalue weighted by atomic mass is 10.1. The van der Waals surface area contributed by atoms with Crippen molar-refractivity contribution >= 4 is 5.57 Å². The summed E-state index contributed by atoms with van der Waals surface area (Å²) < 4.78 is 1.72. The van der Waals surface area contributed by atoms with E-state index in [1.54, 1.807) is 17.1 Å². The Balaban J connectivity index is 2.36. The first-order valence-corrected chi connectivity index (χ1v) is 4.39. The molecule has 0 aliphatic heterocycles. The first kappa shape index (κ1) is 8.69. The van der Waals surface area contributed by atoms with Gasteiger partial charge in [0.05, 0.1) is 0 Å². The third-order valence-corrected chi connectivity index (χ3v) is 1.98. The average Bonchev–Trinajstić information content (AvgIpc) is 2.71. The monoisotopic (exact) mass is 185 g/mol. The highest BCUT2D eigenvalue weighted by molar-refractivity contribution is 5.60. The van der Waals surface area contributed by atoms with Crippen molar-refractivity contribution in [3.05, 3.63) is 48.9 Å². The molecule has 2 aromatic rings. The molecule has 0 unspecified atom stereocenters. The molecule has 0 fully saturated rings. The Morgan fingerprint density at radius 3 is 2.79 bits per heavy atom. The molecule has 0 radical (unpaired) electrons. The fraction of sp³-hybridized carbons (Fsp3) is 0.0909. The van der Waals surface area contributed by atoms with Gasteiger partial charge in [-0.15, -0.1) is 0 Å². The van der Waals surface area contributed by atoms with Crippen molar-refractivity contribution in [1.82, 2.24) is 14.8 Å². The van der Waals surface area contributed by atoms with Gasteiger partial charge in [0.2, 0.25) is 0 Å². The van der Waals surface area contributed by atoms with Crippen molar-refractivity contribution in [3.63, 3.8) is 0 Å². The summed E-state index contributed by atoms with van der Waals surface area (Å²) in [7, 11) is 0. The number of nitrogens with zero attached hydrogens (tertiary/aromatic N) is 3. The molecule has 2 heterocycles. The van der Waals surface area contributed by atoms with E-state index >= 15 is 0 Å². The van der Waals surface area contributed by atoms with Crippen molar-refractivity contribution in [2.24, 2.45) is 0 Å². The van der Waals surface area contributed by atoms with E-state index in [0.717, 1.165) is 17.0 Å². The van der Waals surface area contributed by atoms with Crippen LogP contribution in [0.15, 0.2) is 43.4 Å². The van der Waals surface area contributed by atoms with Gasteiger partial charge in [-0.25, -0.2) is 9.67 Å². The molecule has 0 amide bonds. The van der Waals surface area contributed by atoms with E-state index in [1.807, 2.05) is 31.3 Å². The van der Waals surface area contributed by atoms with E-state index < -0.39 is 0 Å². The Bertz CT molecular complexity index is 426. The van der Waals surface area contributed by atoms with Gasteiger partial charge in [-0.2, -0.15) is 5.10 Å². The molecule has 70 valence electrons. The standard InChI is InChI=1S/C11H11N3/c1-9(2)10-4-5-11(12-8-10)14-7-3-6-13-14/h3-8H,1H2,2H3. The van der Waals surface area contributed by atoms with Crippen molar-refractivity contribution in [3.8, 4) is 5.82 Å². The Hall–Kier alpha value is -1.90. The van der Waals surface area contributed by atoms with Gasteiger partial charge < -0.3 is 0 Å². The van der Waals surface area contributed by atoms with E-state index in [-0.39, 0.29) is 0 Å². The van der Waals surface area contributed by atoms with Gasteiger partial charge in [0.15, 0.2) is 5.82 Å². The van der Waals surface area contributed by atoms with Crippen molar-refractivity contribution in [2.45, 2.75) is 6.92 Å². The Morgan fingerprint density at radius 2 is 2.29 bits per heavy atom. The van der Waals surface area contributed by atoms with Crippen molar-refractivity contribution in [2.75, 3.05) is 0 Å². The minimum atomic E-state index is 0.819. The quantitative estimate of drug-likeness (QED) is 0.718. The van der Waals surface area contributed by atoms with E-state index in [9.17, 15) is 0 Å². The Morgan fingerprint density at radius 1 is 1.43 bits per heavy atom. The number of allylic oxidation sites excluding steroid dienone is 1. The highest BCUT2D eigenvalue weighted by Gasteiger charge is 1.98. The summed E-state index contributed by atoms with van der Waals surface area (Å²) in [4.78, 5) is 4.28. The zero-order valence-electron chi connectivity index (χ0n) is 8.01. The summed E-state index contributed by atoms with van der Waals surface area (Å²) in [5.74, 6) is 0.819. The molecule has 3 heteroatoms. The summed E-state index contributed by atoms with van der Waals surface area (Å²) >= 11 is 0. The van der Waals surface area contributed by atoms with E-state index in [2.05, 4.69) is 16.7 Å². The predicted molar refractivity (Wildman–Crippen MR) is 56.1 cm³/mol. The van der Waals surface area contributed by atoms with Gasteiger partial charge in [0.1, 0.15) is 0 Å². The Kier molecular flexibility index (Phi) is 2.14. The zero-order valence-corrected chi connectivity index (χ0v) is 8.01. The molecule has 0 saturated carbocycles. The van der Waals surface area contributed by atoms with Crippen molar-refractivity contribution in [1.29, 1.82) is 0 Å². The van der Waals surface area contributed by atoms with Crippen LogP contribution in [0.4, 0.5) is 0 Å². The molecule has 0 aromatic carbocycles. The Labute approximate surface area is 82.7 Å². The average molecular weight is 185 g/mol. The van der Waals surface area contributed by atoms with Crippen LogP contribution in [0.3, 0.4) is 0 Å². The lowest BCUT2D eigenvalue weighted by Gasteiger charge is -2.02. The van der Waals surface area contributed by atoms with Crippen LogP contribution in [-0.2, 0) is 0 Å². The molecule has 0 spiro atoms. The summed E-state index contributed by atoms with van der Waals surface area (Å²) in [6.45, 7) is 5.82.